The number of halogens is 1. The maximum absolute atomic E-state index is 13.1. The van der Waals surface area contributed by atoms with Gasteiger partial charge in [-0.2, -0.15) is 0 Å². The molecule has 1 N–H and O–H groups in total. The average Bonchev–Trinajstić information content (AvgIpc) is 3.13. The molecule has 3 aromatic rings. The summed E-state index contributed by atoms with van der Waals surface area (Å²) in [5.41, 5.74) is 3.51. The number of benzene rings is 3. The fraction of sp³-hybridized carbons (Fsp3) is 0.136. The van der Waals surface area contributed by atoms with Gasteiger partial charge in [0.05, 0.1) is 6.04 Å². The summed E-state index contributed by atoms with van der Waals surface area (Å²) in [7, 11) is 0. The molecular formula is C22H19FN2S. The Morgan fingerprint density at radius 1 is 0.808 bits per heavy atom. The third-order valence-corrected chi connectivity index (χ3v) is 5.41. The van der Waals surface area contributed by atoms with Gasteiger partial charge in [0.1, 0.15) is 11.9 Å². The normalized spacial score (nSPS) is 19.0. The van der Waals surface area contributed by atoms with Gasteiger partial charge < -0.3 is 5.32 Å². The van der Waals surface area contributed by atoms with Crippen LogP contribution in [0.5, 0.6) is 0 Å². The quantitative estimate of drug-likeness (QED) is 0.663. The van der Waals surface area contributed by atoms with Crippen LogP contribution in [0.4, 0.5) is 4.39 Å². The molecule has 2 unspecified atom stereocenters. The van der Waals surface area contributed by atoms with Crippen molar-refractivity contribution < 1.29 is 4.39 Å². The Labute approximate surface area is 157 Å². The monoisotopic (exact) mass is 362 g/mol. The number of hydrogen-bond acceptors (Lipinski definition) is 3. The lowest BCUT2D eigenvalue weighted by atomic mass is 9.95. The highest BCUT2D eigenvalue weighted by Gasteiger charge is 2.31. The van der Waals surface area contributed by atoms with Crippen molar-refractivity contribution in [2.45, 2.75) is 17.8 Å². The van der Waals surface area contributed by atoms with Gasteiger partial charge in [0.2, 0.25) is 0 Å². The highest BCUT2D eigenvalue weighted by atomic mass is 32.2. The van der Waals surface area contributed by atoms with Crippen LogP contribution in [0.3, 0.4) is 0 Å². The predicted octanol–water partition coefficient (Wildman–Crippen LogP) is 5.50. The van der Waals surface area contributed by atoms with Crippen LogP contribution in [0.2, 0.25) is 0 Å². The van der Waals surface area contributed by atoms with Crippen LogP contribution in [0, 0.1) is 5.82 Å². The number of amidine groups is 1. The summed E-state index contributed by atoms with van der Waals surface area (Å²) in [5.74, 6) is 0.554. The van der Waals surface area contributed by atoms with E-state index >= 15 is 0 Å². The number of aliphatic imine (C=N–C) groups is 1. The topological polar surface area (TPSA) is 24.4 Å². The second-order valence-electron chi connectivity index (χ2n) is 6.24. The summed E-state index contributed by atoms with van der Waals surface area (Å²) in [6.45, 7) is 0. The van der Waals surface area contributed by atoms with Crippen molar-refractivity contribution in [3.05, 3.63) is 107 Å². The Bertz CT molecular complexity index is 879. The Morgan fingerprint density at radius 2 is 1.42 bits per heavy atom. The van der Waals surface area contributed by atoms with Crippen LogP contribution in [0.15, 0.2) is 89.9 Å². The molecule has 0 saturated carbocycles. The van der Waals surface area contributed by atoms with Gasteiger partial charge in [-0.1, -0.05) is 84.6 Å². The number of nitrogens with one attached hydrogen (secondary N) is 1. The van der Waals surface area contributed by atoms with Gasteiger partial charge in [0, 0.05) is 5.75 Å². The maximum Gasteiger partial charge on any atom is 0.158 e. The maximum atomic E-state index is 13.1. The van der Waals surface area contributed by atoms with Crippen LogP contribution in [0.25, 0.3) is 0 Å². The molecule has 2 nitrogen and oxygen atoms in total. The molecule has 26 heavy (non-hydrogen) atoms. The number of hydrogen-bond donors (Lipinski definition) is 1. The minimum atomic E-state index is -0.205. The highest BCUT2D eigenvalue weighted by molar-refractivity contribution is 8.13. The standard InChI is InChI=1S/C22H19FN2S/c23-19-13-11-16(12-14-19)15-26-22-24-20(17-7-3-1-4-8-17)21(25-22)18-9-5-2-6-10-18/h1-14,20-21H,15H2,(H,24,25). The van der Waals surface area contributed by atoms with Crippen LogP contribution in [-0.4, -0.2) is 5.17 Å². The fourth-order valence-electron chi connectivity index (χ4n) is 3.10. The highest BCUT2D eigenvalue weighted by Crippen LogP contribution is 2.37. The molecule has 0 saturated heterocycles. The summed E-state index contributed by atoms with van der Waals surface area (Å²) >= 11 is 1.66. The SMILES string of the molecule is Fc1ccc(CSC2=NC(c3ccccc3)C(c3ccccc3)N2)cc1. The minimum absolute atomic E-state index is 0.0503. The van der Waals surface area contributed by atoms with Crippen molar-refractivity contribution in [2.75, 3.05) is 0 Å². The second kappa shape index (κ2) is 7.75. The molecule has 0 bridgehead atoms. The molecule has 0 spiro atoms. The largest absolute Gasteiger partial charge is 0.356 e. The molecule has 0 fully saturated rings. The average molecular weight is 362 g/mol. The van der Waals surface area contributed by atoms with E-state index in [-0.39, 0.29) is 17.9 Å². The lowest BCUT2D eigenvalue weighted by Gasteiger charge is -2.19. The van der Waals surface area contributed by atoms with E-state index in [1.54, 1.807) is 11.8 Å². The first-order valence-electron chi connectivity index (χ1n) is 8.61. The molecule has 1 heterocycles. The number of nitrogens with zero attached hydrogens (tertiary/aromatic N) is 1. The lowest BCUT2D eigenvalue weighted by Crippen LogP contribution is -2.22. The Balaban J connectivity index is 1.55. The number of thioether (sulfide) groups is 1. The first kappa shape index (κ1) is 16.9. The van der Waals surface area contributed by atoms with Crippen LogP contribution in [0.1, 0.15) is 28.8 Å². The summed E-state index contributed by atoms with van der Waals surface area (Å²) in [5, 5.41) is 4.50. The van der Waals surface area contributed by atoms with Crippen molar-refractivity contribution in [1.29, 1.82) is 0 Å². The van der Waals surface area contributed by atoms with Crippen molar-refractivity contribution in [1.82, 2.24) is 5.32 Å². The second-order valence-corrected chi connectivity index (χ2v) is 7.20. The molecule has 3 aromatic carbocycles. The molecule has 0 radical (unpaired) electrons. The first-order chi connectivity index (χ1) is 12.8. The van der Waals surface area contributed by atoms with E-state index in [0.717, 1.165) is 16.5 Å². The first-order valence-corrected chi connectivity index (χ1v) is 9.59. The van der Waals surface area contributed by atoms with Gasteiger partial charge in [-0.3, -0.25) is 4.99 Å². The third-order valence-electron chi connectivity index (χ3n) is 4.44. The number of rotatable bonds is 4. The Morgan fingerprint density at radius 3 is 2.08 bits per heavy atom. The Kier molecular flexibility index (Phi) is 5.02. The van der Waals surface area contributed by atoms with E-state index in [9.17, 15) is 4.39 Å². The molecule has 4 heteroatoms. The third kappa shape index (κ3) is 3.81. The van der Waals surface area contributed by atoms with Gasteiger partial charge in [0.25, 0.3) is 0 Å². The molecule has 1 aliphatic rings. The van der Waals surface area contributed by atoms with Crippen LogP contribution < -0.4 is 5.32 Å². The van der Waals surface area contributed by atoms with Crippen molar-refractivity contribution in [3.63, 3.8) is 0 Å². The zero-order valence-electron chi connectivity index (χ0n) is 14.2. The molecular weight excluding hydrogens is 343 g/mol. The van der Waals surface area contributed by atoms with E-state index in [4.69, 9.17) is 4.99 Å². The molecule has 130 valence electrons. The summed E-state index contributed by atoms with van der Waals surface area (Å²) in [6.07, 6.45) is 0. The van der Waals surface area contributed by atoms with Gasteiger partial charge in [-0.05, 0) is 28.8 Å². The molecule has 0 amide bonds. The fourth-order valence-corrected chi connectivity index (χ4v) is 4.00. The predicted molar refractivity (Wildman–Crippen MR) is 107 cm³/mol. The lowest BCUT2D eigenvalue weighted by molar-refractivity contribution is 0.573. The van der Waals surface area contributed by atoms with Gasteiger partial charge in [0.15, 0.2) is 5.17 Å². The smallest absolute Gasteiger partial charge is 0.158 e. The van der Waals surface area contributed by atoms with E-state index in [0.29, 0.717) is 0 Å². The molecule has 1 aliphatic heterocycles. The van der Waals surface area contributed by atoms with Crippen molar-refractivity contribution >= 4 is 16.9 Å². The molecule has 0 aliphatic carbocycles. The Hall–Kier alpha value is -2.59. The van der Waals surface area contributed by atoms with Crippen molar-refractivity contribution in [3.8, 4) is 0 Å². The van der Waals surface area contributed by atoms with Gasteiger partial charge in [-0.25, -0.2) is 4.39 Å². The molecule has 0 aromatic heterocycles. The molecule has 4 rings (SSSR count). The summed E-state index contributed by atoms with van der Waals surface area (Å²) < 4.78 is 13.1. The van der Waals surface area contributed by atoms with Crippen LogP contribution in [-0.2, 0) is 5.75 Å². The van der Waals surface area contributed by atoms with E-state index in [1.165, 1.54) is 23.3 Å². The van der Waals surface area contributed by atoms with E-state index < -0.39 is 0 Å². The zero-order chi connectivity index (χ0) is 17.8. The zero-order valence-corrected chi connectivity index (χ0v) is 15.0. The van der Waals surface area contributed by atoms with Gasteiger partial charge in [-0.15, -0.1) is 0 Å². The summed E-state index contributed by atoms with van der Waals surface area (Å²) in [4.78, 5) is 4.94. The van der Waals surface area contributed by atoms with E-state index in [2.05, 4.69) is 53.8 Å². The summed E-state index contributed by atoms with van der Waals surface area (Å²) in [6, 6.07) is 27.6. The minimum Gasteiger partial charge on any atom is -0.356 e. The van der Waals surface area contributed by atoms with Crippen molar-refractivity contribution in [2.24, 2.45) is 4.99 Å². The van der Waals surface area contributed by atoms with E-state index in [1.807, 2.05) is 24.3 Å². The van der Waals surface area contributed by atoms with Crippen LogP contribution >= 0.6 is 11.8 Å². The van der Waals surface area contributed by atoms with Gasteiger partial charge >= 0.3 is 0 Å². The molecule has 2 atom stereocenters.